The number of alkyl carbamates (subject to hydrolysis) is 1. The van der Waals surface area contributed by atoms with Crippen molar-refractivity contribution in [2.24, 2.45) is 0 Å². The molecule has 0 aromatic carbocycles. The first-order valence-corrected chi connectivity index (χ1v) is 9.12. The molecular weight excluding hydrogens is 364 g/mol. The molecule has 1 aliphatic rings. The predicted molar refractivity (Wildman–Crippen MR) is 95.9 cm³/mol. The van der Waals surface area contributed by atoms with Crippen LogP contribution in [-0.4, -0.2) is 39.7 Å². The molecule has 0 unspecified atom stereocenters. The number of rotatable bonds is 3. The van der Waals surface area contributed by atoms with Gasteiger partial charge >= 0.3 is 6.09 Å². The van der Waals surface area contributed by atoms with E-state index in [9.17, 15) is 9.59 Å². The Labute approximate surface area is 154 Å². The Morgan fingerprint density at radius 2 is 2.24 bits per heavy atom. The summed E-state index contributed by atoms with van der Waals surface area (Å²) in [6, 6.07) is 0. The number of fused-ring (bicyclic) bond motifs is 1. The molecule has 1 fully saturated rings. The number of thiophene rings is 1. The van der Waals surface area contributed by atoms with E-state index in [0.29, 0.717) is 30.1 Å². The van der Waals surface area contributed by atoms with E-state index in [1.807, 2.05) is 5.38 Å². The molecule has 0 bridgehead atoms. The van der Waals surface area contributed by atoms with E-state index in [1.54, 1.807) is 20.8 Å². The molecule has 1 aliphatic heterocycles. The fourth-order valence-corrected chi connectivity index (χ4v) is 3.99. The lowest BCUT2D eigenvalue weighted by Gasteiger charge is -2.29. The van der Waals surface area contributed by atoms with Gasteiger partial charge in [-0.3, -0.25) is 4.79 Å². The number of amides is 2. The maximum Gasteiger partial charge on any atom is 0.408 e. The molecular formula is C16H19ClN4O3S. The minimum absolute atomic E-state index is 0.224. The van der Waals surface area contributed by atoms with Crippen molar-refractivity contribution >= 4 is 45.2 Å². The number of ether oxygens (including phenoxy) is 1. The van der Waals surface area contributed by atoms with Crippen LogP contribution in [0.5, 0.6) is 0 Å². The van der Waals surface area contributed by atoms with Crippen molar-refractivity contribution in [2.45, 2.75) is 44.8 Å². The van der Waals surface area contributed by atoms with Crippen LogP contribution in [0.4, 0.5) is 4.79 Å². The minimum Gasteiger partial charge on any atom is -0.444 e. The highest BCUT2D eigenvalue weighted by molar-refractivity contribution is 7.18. The second-order valence-electron chi connectivity index (χ2n) is 6.99. The fourth-order valence-electron chi connectivity index (χ4n) is 2.83. The van der Waals surface area contributed by atoms with Gasteiger partial charge < -0.3 is 15.4 Å². The summed E-state index contributed by atoms with van der Waals surface area (Å²) >= 11 is 7.52. The molecule has 3 rings (SSSR count). The number of nitrogens with one attached hydrogen (secondary N) is 2. The van der Waals surface area contributed by atoms with E-state index in [2.05, 4.69) is 20.6 Å². The summed E-state index contributed by atoms with van der Waals surface area (Å²) in [5.41, 5.74) is -0.156. The van der Waals surface area contributed by atoms with Crippen molar-refractivity contribution in [1.29, 1.82) is 0 Å². The van der Waals surface area contributed by atoms with Crippen molar-refractivity contribution in [1.82, 2.24) is 20.6 Å². The van der Waals surface area contributed by atoms with E-state index in [-0.39, 0.29) is 5.91 Å². The van der Waals surface area contributed by atoms with Crippen LogP contribution in [0.2, 0.25) is 5.15 Å². The Kier molecular flexibility index (Phi) is 4.59. The van der Waals surface area contributed by atoms with E-state index in [1.165, 1.54) is 17.7 Å². The molecule has 25 heavy (non-hydrogen) atoms. The molecule has 3 heterocycles. The van der Waals surface area contributed by atoms with Gasteiger partial charge in [-0.15, -0.1) is 11.3 Å². The number of carbonyl (C=O) groups excluding carboxylic acids is 2. The molecule has 0 radical (unpaired) electrons. The Hall–Kier alpha value is -1.93. The minimum atomic E-state index is -1.06. The average Bonchev–Trinajstić information content (AvgIpc) is 3.04. The van der Waals surface area contributed by atoms with Gasteiger partial charge in [0.15, 0.2) is 0 Å². The van der Waals surface area contributed by atoms with Crippen LogP contribution < -0.4 is 10.6 Å². The number of halogens is 1. The van der Waals surface area contributed by atoms with E-state index in [0.717, 1.165) is 10.3 Å². The van der Waals surface area contributed by atoms with Crippen LogP contribution in [0.15, 0.2) is 11.7 Å². The zero-order valence-corrected chi connectivity index (χ0v) is 15.8. The van der Waals surface area contributed by atoms with Crippen LogP contribution in [0.3, 0.4) is 0 Å². The third kappa shape index (κ3) is 3.69. The largest absolute Gasteiger partial charge is 0.444 e. The van der Waals surface area contributed by atoms with Crippen molar-refractivity contribution in [3.8, 4) is 0 Å². The van der Waals surface area contributed by atoms with Crippen LogP contribution >= 0.6 is 22.9 Å². The topological polar surface area (TPSA) is 93.2 Å². The molecule has 134 valence electrons. The van der Waals surface area contributed by atoms with Crippen molar-refractivity contribution < 1.29 is 14.3 Å². The van der Waals surface area contributed by atoms with Crippen LogP contribution in [0, 0.1) is 0 Å². The molecule has 9 heteroatoms. The Balaban J connectivity index is 1.90. The normalized spacial score (nSPS) is 20.6. The summed E-state index contributed by atoms with van der Waals surface area (Å²) in [7, 11) is 0. The van der Waals surface area contributed by atoms with E-state index >= 15 is 0 Å². The van der Waals surface area contributed by atoms with Gasteiger partial charge in [0.25, 0.3) is 0 Å². The number of nitrogens with zero attached hydrogens (tertiary/aromatic N) is 2. The summed E-state index contributed by atoms with van der Waals surface area (Å²) in [5, 5.41) is 7.84. The molecule has 0 saturated carbocycles. The molecule has 0 spiro atoms. The third-order valence-corrected chi connectivity index (χ3v) is 5.31. The number of hydrogen-bond acceptors (Lipinski definition) is 6. The van der Waals surface area contributed by atoms with Gasteiger partial charge in [-0.05, 0) is 38.1 Å². The van der Waals surface area contributed by atoms with Gasteiger partial charge in [0.1, 0.15) is 22.6 Å². The quantitative estimate of drug-likeness (QED) is 0.796. The molecule has 2 amide bonds. The monoisotopic (exact) mass is 382 g/mol. The molecule has 7 nitrogen and oxygen atoms in total. The predicted octanol–water partition coefficient (Wildman–Crippen LogP) is 2.67. The van der Waals surface area contributed by atoms with Crippen molar-refractivity contribution in [2.75, 3.05) is 6.54 Å². The van der Waals surface area contributed by atoms with E-state index in [4.69, 9.17) is 16.3 Å². The summed E-state index contributed by atoms with van der Waals surface area (Å²) < 4.78 is 6.09. The Morgan fingerprint density at radius 3 is 2.88 bits per heavy atom. The average molecular weight is 383 g/mol. The highest BCUT2D eigenvalue weighted by Crippen LogP contribution is 2.32. The lowest BCUT2D eigenvalue weighted by atomic mass is 9.90. The second kappa shape index (κ2) is 6.42. The summed E-state index contributed by atoms with van der Waals surface area (Å²) in [6.45, 7) is 5.82. The number of carbonyl (C=O) groups is 2. The highest BCUT2D eigenvalue weighted by Gasteiger charge is 2.45. The first-order valence-electron chi connectivity index (χ1n) is 7.86. The smallest absolute Gasteiger partial charge is 0.408 e. The van der Waals surface area contributed by atoms with Gasteiger partial charge in [0.2, 0.25) is 5.91 Å². The first kappa shape index (κ1) is 17.9. The van der Waals surface area contributed by atoms with Gasteiger partial charge in [-0.1, -0.05) is 11.6 Å². The van der Waals surface area contributed by atoms with Crippen LogP contribution in [0.25, 0.3) is 10.2 Å². The maximum absolute atomic E-state index is 12.5. The van der Waals surface area contributed by atoms with Crippen LogP contribution in [0.1, 0.15) is 32.8 Å². The van der Waals surface area contributed by atoms with E-state index < -0.39 is 17.2 Å². The standard InChI is InChI=1S/C16H19ClN4O3S/c1-15(2,3)24-14(23)21-16(4-5-18-13(16)22)6-9-7-25-11-10(9)19-8-20-12(11)17/h7-8H,4-6H2,1-3H3,(H,18,22)(H,21,23)/t16-/m1/s1. The van der Waals surface area contributed by atoms with Gasteiger partial charge in [0, 0.05) is 13.0 Å². The SMILES string of the molecule is CC(C)(C)OC(=O)N[C@@]1(Cc2csc3c(Cl)ncnc23)CCNC1=O. The zero-order valence-electron chi connectivity index (χ0n) is 14.2. The zero-order chi connectivity index (χ0) is 18.2. The van der Waals surface area contributed by atoms with Gasteiger partial charge in [-0.25, -0.2) is 14.8 Å². The second-order valence-corrected chi connectivity index (χ2v) is 8.23. The van der Waals surface area contributed by atoms with Crippen molar-refractivity contribution in [3.63, 3.8) is 0 Å². The highest BCUT2D eigenvalue weighted by atomic mass is 35.5. The molecule has 2 N–H and O–H groups in total. The lowest BCUT2D eigenvalue weighted by Crippen LogP contribution is -2.56. The summed E-state index contributed by atoms with van der Waals surface area (Å²) in [6.07, 6.45) is 1.56. The maximum atomic E-state index is 12.5. The van der Waals surface area contributed by atoms with Crippen LogP contribution in [-0.2, 0) is 16.0 Å². The summed E-state index contributed by atoms with van der Waals surface area (Å²) in [5.74, 6) is -0.224. The Morgan fingerprint density at radius 1 is 1.48 bits per heavy atom. The molecule has 1 saturated heterocycles. The number of hydrogen-bond donors (Lipinski definition) is 2. The van der Waals surface area contributed by atoms with Gasteiger partial charge in [-0.2, -0.15) is 0 Å². The Bertz CT molecular complexity index is 832. The third-order valence-electron chi connectivity index (χ3n) is 3.89. The van der Waals surface area contributed by atoms with Crippen molar-refractivity contribution in [3.05, 3.63) is 22.4 Å². The fraction of sp³-hybridized carbons (Fsp3) is 0.500. The molecule has 2 aromatic heterocycles. The first-order chi connectivity index (χ1) is 11.7. The molecule has 2 aromatic rings. The summed E-state index contributed by atoms with van der Waals surface area (Å²) in [4.78, 5) is 33.0. The molecule has 1 atom stereocenters. The lowest BCUT2D eigenvalue weighted by molar-refractivity contribution is -0.124. The van der Waals surface area contributed by atoms with Gasteiger partial charge in [0.05, 0.1) is 10.2 Å². The molecule has 0 aliphatic carbocycles. The number of aromatic nitrogens is 2.